The summed E-state index contributed by atoms with van der Waals surface area (Å²) in [4.78, 5) is 0. The number of aliphatic hydroxyl groups excluding tert-OH is 1. The fourth-order valence-electron chi connectivity index (χ4n) is 4.25. The first kappa shape index (κ1) is 15.0. The maximum Gasteiger partial charge on any atom is 0.0917 e. The standard InChI is InChI=1S/C18H27NO2/c1-12-7-4-5-8-13(12)15(20)11-19-16-14-9-6-10-21-17(14)18(16,2)3/h4-5,7-8,14-17,19-20H,6,9-11H2,1-3H3. The van der Waals surface area contributed by atoms with Gasteiger partial charge in [-0.2, -0.15) is 0 Å². The molecule has 21 heavy (non-hydrogen) atoms. The van der Waals surface area contributed by atoms with Crippen molar-refractivity contribution < 1.29 is 9.84 Å². The van der Waals surface area contributed by atoms with Crippen LogP contribution < -0.4 is 5.32 Å². The number of rotatable bonds is 4. The van der Waals surface area contributed by atoms with Gasteiger partial charge in [-0.05, 0) is 30.9 Å². The first-order chi connectivity index (χ1) is 10.0. The Labute approximate surface area is 127 Å². The smallest absolute Gasteiger partial charge is 0.0917 e. The van der Waals surface area contributed by atoms with Crippen LogP contribution in [0, 0.1) is 18.3 Å². The molecule has 2 fully saturated rings. The number of aryl methyl sites for hydroxylation is 1. The van der Waals surface area contributed by atoms with E-state index in [0.29, 0.717) is 24.6 Å². The van der Waals surface area contributed by atoms with Gasteiger partial charge in [0.25, 0.3) is 0 Å². The Morgan fingerprint density at radius 1 is 1.38 bits per heavy atom. The van der Waals surface area contributed by atoms with Crippen molar-refractivity contribution >= 4 is 0 Å². The maximum atomic E-state index is 10.4. The zero-order valence-corrected chi connectivity index (χ0v) is 13.3. The molecule has 3 rings (SSSR count). The number of ether oxygens (including phenoxy) is 1. The van der Waals surface area contributed by atoms with Gasteiger partial charge in [-0.1, -0.05) is 38.1 Å². The number of benzene rings is 1. The summed E-state index contributed by atoms with van der Waals surface area (Å²) in [6, 6.07) is 8.51. The van der Waals surface area contributed by atoms with Gasteiger partial charge in [0.1, 0.15) is 0 Å². The van der Waals surface area contributed by atoms with Crippen LogP contribution in [-0.2, 0) is 4.74 Å². The summed E-state index contributed by atoms with van der Waals surface area (Å²) < 4.78 is 5.93. The Balaban J connectivity index is 1.61. The molecule has 1 heterocycles. The molecule has 0 aromatic heterocycles. The lowest BCUT2D eigenvalue weighted by atomic mass is 9.55. The summed E-state index contributed by atoms with van der Waals surface area (Å²) in [6.07, 6.45) is 2.35. The Hall–Kier alpha value is -0.900. The fourth-order valence-corrected chi connectivity index (χ4v) is 4.25. The molecule has 1 saturated heterocycles. The van der Waals surface area contributed by atoms with Crippen LogP contribution in [0.4, 0.5) is 0 Å². The molecule has 0 radical (unpaired) electrons. The zero-order valence-electron chi connectivity index (χ0n) is 13.3. The molecule has 4 unspecified atom stereocenters. The molecule has 1 saturated carbocycles. The molecule has 0 bridgehead atoms. The molecule has 2 aliphatic rings. The highest BCUT2D eigenvalue weighted by Crippen LogP contribution is 2.51. The molecule has 3 heteroatoms. The summed E-state index contributed by atoms with van der Waals surface area (Å²) in [5.41, 5.74) is 2.34. The van der Waals surface area contributed by atoms with E-state index in [1.165, 1.54) is 6.42 Å². The van der Waals surface area contributed by atoms with Crippen LogP contribution in [0.1, 0.15) is 43.9 Å². The predicted octanol–water partition coefficient (Wildman–Crippen LogP) is 2.82. The lowest BCUT2D eigenvalue weighted by Crippen LogP contribution is -2.69. The third kappa shape index (κ3) is 2.63. The first-order valence-electron chi connectivity index (χ1n) is 8.10. The van der Waals surface area contributed by atoms with Crippen molar-refractivity contribution in [1.82, 2.24) is 5.32 Å². The van der Waals surface area contributed by atoms with Gasteiger partial charge >= 0.3 is 0 Å². The third-order valence-corrected chi connectivity index (χ3v) is 5.41. The van der Waals surface area contributed by atoms with Gasteiger partial charge in [0, 0.05) is 30.5 Å². The minimum absolute atomic E-state index is 0.163. The van der Waals surface area contributed by atoms with Gasteiger partial charge < -0.3 is 15.2 Å². The predicted molar refractivity (Wildman–Crippen MR) is 84.2 cm³/mol. The molecular weight excluding hydrogens is 262 g/mol. The Morgan fingerprint density at radius 2 is 2.14 bits per heavy atom. The van der Waals surface area contributed by atoms with Gasteiger partial charge in [0.15, 0.2) is 0 Å². The van der Waals surface area contributed by atoms with E-state index in [0.717, 1.165) is 24.2 Å². The quantitative estimate of drug-likeness (QED) is 0.895. The second-order valence-corrected chi connectivity index (χ2v) is 7.18. The molecule has 2 N–H and O–H groups in total. The van der Waals surface area contributed by atoms with Crippen LogP contribution in [0.2, 0.25) is 0 Å². The third-order valence-electron chi connectivity index (χ3n) is 5.41. The molecule has 0 spiro atoms. The average Bonchev–Trinajstić information content (AvgIpc) is 2.47. The van der Waals surface area contributed by atoms with E-state index in [1.54, 1.807) is 0 Å². The summed E-state index contributed by atoms with van der Waals surface area (Å²) in [6.45, 7) is 8.12. The van der Waals surface area contributed by atoms with E-state index in [-0.39, 0.29) is 5.41 Å². The number of aliphatic hydroxyl groups is 1. The minimum Gasteiger partial charge on any atom is -0.387 e. The van der Waals surface area contributed by atoms with Crippen LogP contribution in [0.15, 0.2) is 24.3 Å². The molecule has 0 amide bonds. The highest BCUT2D eigenvalue weighted by atomic mass is 16.5. The molecule has 1 aromatic carbocycles. The van der Waals surface area contributed by atoms with E-state index in [4.69, 9.17) is 4.74 Å². The van der Waals surface area contributed by atoms with Gasteiger partial charge in [-0.3, -0.25) is 0 Å². The fraction of sp³-hybridized carbons (Fsp3) is 0.667. The second kappa shape index (κ2) is 5.71. The summed E-state index contributed by atoms with van der Waals surface area (Å²) in [5.74, 6) is 0.609. The SMILES string of the molecule is Cc1ccccc1C(O)CNC1C2CCCOC2C1(C)C. The minimum atomic E-state index is -0.439. The summed E-state index contributed by atoms with van der Waals surface area (Å²) >= 11 is 0. The van der Waals surface area contributed by atoms with Crippen molar-refractivity contribution in [2.75, 3.05) is 13.2 Å². The average molecular weight is 289 g/mol. The van der Waals surface area contributed by atoms with Crippen molar-refractivity contribution in [3.8, 4) is 0 Å². The molecule has 4 atom stereocenters. The Bertz CT molecular complexity index is 500. The van der Waals surface area contributed by atoms with E-state index in [1.807, 2.05) is 18.2 Å². The molecule has 1 aliphatic heterocycles. The largest absolute Gasteiger partial charge is 0.387 e. The topological polar surface area (TPSA) is 41.5 Å². The lowest BCUT2D eigenvalue weighted by molar-refractivity contribution is -0.193. The number of fused-ring (bicyclic) bond motifs is 1. The first-order valence-corrected chi connectivity index (χ1v) is 8.10. The van der Waals surface area contributed by atoms with Crippen LogP contribution in [0.3, 0.4) is 0 Å². The molecule has 1 aromatic rings. The Kier molecular flexibility index (Phi) is 4.08. The summed E-state index contributed by atoms with van der Waals surface area (Å²) in [5, 5.41) is 14.0. The monoisotopic (exact) mass is 289 g/mol. The molecule has 116 valence electrons. The van der Waals surface area contributed by atoms with Crippen molar-refractivity contribution in [2.45, 2.75) is 51.9 Å². The Morgan fingerprint density at radius 3 is 2.90 bits per heavy atom. The van der Waals surface area contributed by atoms with E-state index >= 15 is 0 Å². The molecule has 1 aliphatic carbocycles. The van der Waals surface area contributed by atoms with E-state index in [2.05, 4.69) is 32.2 Å². The highest BCUT2D eigenvalue weighted by molar-refractivity contribution is 5.28. The van der Waals surface area contributed by atoms with Crippen molar-refractivity contribution in [3.05, 3.63) is 35.4 Å². The van der Waals surface area contributed by atoms with Gasteiger partial charge in [-0.15, -0.1) is 0 Å². The molecule has 3 nitrogen and oxygen atoms in total. The normalized spacial score (nSPS) is 32.1. The summed E-state index contributed by atoms with van der Waals surface area (Å²) in [7, 11) is 0. The number of hydrogen-bond donors (Lipinski definition) is 2. The van der Waals surface area contributed by atoms with Crippen molar-refractivity contribution in [2.24, 2.45) is 11.3 Å². The van der Waals surface area contributed by atoms with Crippen molar-refractivity contribution in [1.29, 1.82) is 0 Å². The van der Waals surface area contributed by atoms with Gasteiger partial charge in [-0.25, -0.2) is 0 Å². The van der Waals surface area contributed by atoms with Crippen LogP contribution in [0.5, 0.6) is 0 Å². The second-order valence-electron chi connectivity index (χ2n) is 7.18. The van der Waals surface area contributed by atoms with Crippen LogP contribution in [-0.4, -0.2) is 30.4 Å². The van der Waals surface area contributed by atoms with E-state index in [9.17, 15) is 5.11 Å². The van der Waals surface area contributed by atoms with Crippen LogP contribution >= 0.6 is 0 Å². The zero-order chi connectivity index (χ0) is 15.0. The van der Waals surface area contributed by atoms with E-state index < -0.39 is 6.10 Å². The van der Waals surface area contributed by atoms with Gasteiger partial charge in [0.2, 0.25) is 0 Å². The number of nitrogens with one attached hydrogen (secondary N) is 1. The lowest BCUT2D eigenvalue weighted by Gasteiger charge is -2.60. The van der Waals surface area contributed by atoms with Gasteiger partial charge in [0.05, 0.1) is 12.2 Å². The molecular formula is C18H27NO2. The maximum absolute atomic E-state index is 10.4. The number of hydrogen-bond acceptors (Lipinski definition) is 3. The highest BCUT2D eigenvalue weighted by Gasteiger charge is 2.57. The van der Waals surface area contributed by atoms with Crippen LogP contribution in [0.25, 0.3) is 0 Å². The van der Waals surface area contributed by atoms with Crippen molar-refractivity contribution in [3.63, 3.8) is 0 Å².